The third-order valence-electron chi connectivity index (χ3n) is 4.51. The fourth-order valence-electron chi connectivity index (χ4n) is 3.33. The van der Waals surface area contributed by atoms with E-state index in [1.165, 1.54) is 0 Å². The van der Waals surface area contributed by atoms with Crippen LogP contribution in [0, 0.1) is 6.92 Å². The van der Waals surface area contributed by atoms with Crippen LogP contribution in [0.15, 0.2) is 22.7 Å². The van der Waals surface area contributed by atoms with Gasteiger partial charge in [-0.05, 0) is 32.4 Å². The van der Waals surface area contributed by atoms with E-state index < -0.39 is 0 Å². The molecule has 0 aliphatic carbocycles. The maximum absolute atomic E-state index is 5.55. The summed E-state index contributed by atoms with van der Waals surface area (Å²) in [5.41, 5.74) is 2.08. The number of ether oxygens (including phenoxy) is 3. The Morgan fingerprint density at radius 1 is 1.08 bits per heavy atom. The molecule has 1 aromatic carbocycles. The highest BCUT2D eigenvalue weighted by Gasteiger charge is 2.29. The number of benzene rings is 1. The molecule has 1 saturated heterocycles. The molecule has 0 bridgehead atoms. The van der Waals surface area contributed by atoms with Gasteiger partial charge in [-0.25, -0.2) is 0 Å². The molecule has 1 atom stereocenters. The fourth-order valence-corrected chi connectivity index (χ4v) is 3.33. The van der Waals surface area contributed by atoms with E-state index in [0.29, 0.717) is 11.5 Å². The van der Waals surface area contributed by atoms with Crippen molar-refractivity contribution in [3.05, 3.63) is 35.2 Å². The second-order valence-electron chi connectivity index (χ2n) is 6.01. The van der Waals surface area contributed by atoms with Crippen LogP contribution in [0.1, 0.15) is 35.9 Å². The summed E-state index contributed by atoms with van der Waals surface area (Å²) in [4.78, 5) is 2.40. The maximum Gasteiger partial charge on any atom is 0.164 e. The molecule has 0 unspecified atom stereocenters. The summed E-state index contributed by atoms with van der Waals surface area (Å²) in [6, 6.07) is 6.16. The Labute approximate surface area is 142 Å². The van der Waals surface area contributed by atoms with Crippen LogP contribution in [0.4, 0.5) is 0 Å². The first-order valence-corrected chi connectivity index (χ1v) is 8.12. The van der Waals surface area contributed by atoms with Gasteiger partial charge in [0.25, 0.3) is 0 Å². The SMILES string of the molecule is COc1cc(OC)c(OC)cc1CN1CCC[C@H]1c1cc(C)on1. The smallest absolute Gasteiger partial charge is 0.164 e. The molecule has 0 N–H and O–H groups in total. The minimum atomic E-state index is 0.278. The summed E-state index contributed by atoms with van der Waals surface area (Å²) in [7, 11) is 4.94. The van der Waals surface area contributed by atoms with Crippen LogP contribution in [0.5, 0.6) is 17.2 Å². The third kappa shape index (κ3) is 3.19. The molecule has 1 fully saturated rings. The predicted molar refractivity (Wildman–Crippen MR) is 89.7 cm³/mol. The van der Waals surface area contributed by atoms with Crippen molar-refractivity contribution < 1.29 is 18.7 Å². The highest BCUT2D eigenvalue weighted by Crippen LogP contribution is 2.38. The van der Waals surface area contributed by atoms with Crippen molar-refractivity contribution in [1.29, 1.82) is 0 Å². The van der Waals surface area contributed by atoms with Crippen LogP contribution in [-0.4, -0.2) is 37.9 Å². The topological polar surface area (TPSA) is 57.0 Å². The lowest BCUT2D eigenvalue weighted by atomic mass is 10.1. The van der Waals surface area contributed by atoms with Crippen LogP contribution < -0.4 is 14.2 Å². The molecule has 1 aliphatic heterocycles. The molecule has 0 spiro atoms. The molecular weight excluding hydrogens is 308 g/mol. The van der Waals surface area contributed by atoms with Crippen molar-refractivity contribution >= 4 is 0 Å². The Bertz CT molecular complexity index is 698. The zero-order valence-electron chi connectivity index (χ0n) is 14.7. The Kier molecular flexibility index (Phi) is 4.94. The van der Waals surface area contributed by atoms with Gasteiger partial charge in [-0.2, -0.15) is 0 Å². The number of hydrogen-bond acceptors (Lipinski definition) is 6. The highest BCUT2D eigenvalue weighted by atomic mass is 16.5. The monoisotopic (exact) mass is 332 g/mol. The van der Waals surface area contributed by atoms with Crippen molar-refractivity contribution in [3.8, 4) is 17.2 Å². The Morgan fingerprint density at radius 2 is 1.79 bits per heavy atom. The van der Waals surface area contributed by atoms with Gasteiger partial charge in [0.15, 0.2) is 11.5 Å². The number of likely N-dealkylation sites (tertiary alicyclic amines) is 1. The minimum Gasteiger partial charge on any atom is -0.496 e. The lowest BCUT2D eigenvalue weighted by Gasteiger charge is -2.24. The van der Waals surface area contributed by atoms with E-state index in [2.05, 4.69) is 10.1 Å². The van der Waals surface area contributed by atoms with E-state index in [1.807, 2.05) is 25.1 Å². The first-order chi connectivity index (χ1) is 11.7. The van der Waals surface area contributed by atoms with Crippen molar-refractivity contribution in [2.24, 2.45) is 0 Å². The van der Waals surface area contributed by atoms with Gasteiger partial charge in [-0.3, -0.25) is 4.90 Å². The van der Waals surface area contributed by atoms with E-state index >= 15 is 0 Å². The summed E-state index contributed by atoms with van der Waals surface area (Å²) >= 11 is 0. The van der Waals surface area contributed by atoms with E-state index in [9.17, 15) is 0 Å². The van der Waals surface area contributed by atoms with E-state index in [-0.39, 0.29) is 6.04 Å². The van der Waals surface area contributed by atoms with Crippen LogP contribution in [0.25, 0.3) is 0 Å². The second kappa shape index (κ2) is 7.13. The van der Waals surface area contributed by atoms with Gasteiger partial charge in [0, 0.05) is 24.2 Å². The Hall–Kier alpha value is -2.21. The number of aryl methyl sites for hydroxylation is 1. The minimum absolute atomic E-state index is 0.278. The van der Waals surface area contributed by atoms with E-state index in [4.69, 9.17) is 18.7 Å². The number of aromatic nitrogens is 1. The van der Waals surface area contributed by atoms with Crippen molar-refractivity contribution in [3.63, 3.8) is 0 Å². The average molecular weight is 332 g/mol. The number of hydrogen-bond donors (Lipinski definition) is 0. The van der Waals surface area contributed by atoms with Crippen LogP contribution >= 0.6 is 0 Å². The van der Waals surface area contributed by atoms with Gasteiger partial charge >= 0.3 is 0 Å². The molecule has 24 heavy (non-hydrogen) atoms. The van der Waals surface area contributed by atoms with Gasteiger partial charge < -0.3 is 18.7 Å². The van der Waals surface area contributed by atoms with Gasteiger partial charge in [0.1, 0.15) is 17.2 Å². The molecule has 0 saturated carbocycles. The number of methoxy groups -OCH3 is 3. The zero-order valence-corrected chi connectivity index (χ0v) is 14.7. The van der Waals surface area contributed by atoms with Crippen molar-refractivity contribution in [1.82, 2.24) is 10.1 Å². The van der Waals surface area contributed by atoms with Crippen LogP contribution in [0.2, 0.25) is 0 Å². The normalized spacial score (nSPS) is 17.9. The van der Waals surface area contributed by atoms with Gasteiger partial charge in [-0.15, -0.1) is 0 Å². The molecule has 1 aromatic heterocycles. The molecule has 3 rings (SSSR count). The Balaban J connectivity index is 1.86. The van der Waals surface area contributed by atoms with Crippen molar-refractivity contribution in [2.45, 2.75) is 32.4 Å². The largest absolute Gasteiger partial charge is 0.496 e. The van der Waals surface area contributed by atoms with Gasteiger partial charge in [0.2, 0.25) is 0 Å². The summed E-state index contributed by atoms with van der Waals surface area (Å²) in [6.07, 6.45) is 2.23. The average Bonchev–Trinajstić information content (AvgIpc) is 3.23. The molecule has 2 heterocycles. The summed E-state index contributed by atoms with van der Waals surface area (Å²) in [5, 5.41) is 4.20. The zero-order chi connectivity index (χ0) is 17.1. The molecular formula is C18H24N2O4. The highest BCUT2D eigenvalue weighted by molar-refractivity contribution is 5.50. The number of rotatable bonds is 6. The van der Waals surface area contributed by atoms with E-state index in [1.54, 1.807) is 21.3 Å². The lowest BCUT2D eigenvalue weighted by molar-refractivity contribution is 0.232. The Morgan fingerprint density at radius 3 is 2.42 bits per heavy atom. The van der Waals surface area contributed by atoms with Crippen molar-refractivity contribution in [2.75, 3.05) is 27.9 Å². The predicted octanol–water partition coefficient (Wildman–Crippen LogP) is 3.35. The van der Waals surface area contributed by atoms with Crippen LogP contribution in [-0.2, 0) is 6.54 Å². The first-order valence-electron chi connectivity index (χ1n) is 8.12. The standard InChI is InChI=1S/C18H24N2O4/c1-12-8-14(19-24-12)15-6-5-7-20(15)11-13-9-17(22-3)18(23-4)10-16(13)21-2/h8-10,15H,5-7,11H2,1-4H3/t15-/m0/s1. The molecule has 6 nitrogen and oxygen atoms in total. The molecule has 130 valence electrons. The van der Waals surface area contributed by atoms with Crippen LogP contribution in [0.3, 0.4) is 0 Å². The molecule has 1 aliphatic rings. The quantitative estimate of drug-likeness (QED) is 0.808. The molecule has 0 radical (unpaired) electrons. The van der Waals surface area contributed by atoms with Gasteiger partial charge in [0.05, 0.1) is 27.4 Å². The molecule has 2 aromatic rings. The van der Waals surface area contributed by atoms with Gasteiger partial charge in [-0.1, -0.05) is 5.16 Å². The summed E-state index contributed by atoms with van der Waals surface area (Å²) in [5.74, 6) is 3.03. The summed E-state index contributed by atoms with van der Waals surface area (Å²) < 4.78 is 21.6. The second-order valence-corrected chi connectivity index (χ2v) is 6.01. The molecule has 0 amide bonds. The first kappa shape index (κ1) is 16.6. The van der Waals surface area contributed by atoms with E-state index in [0.717, 1.165) is 48.7 Å². The summed E-state index contributed by atoms with van der Waals surface area (Å²) in [6.45, 7) is 3.71. The third-order valence-corrected chi connectivity index (χ3v) is 4.51. The molecule has 6 heteroatoms. The lowest BCUT2D eigenvalue weighted by Crippen LogP contribution is -2.23. The maximum atomic E-state index is 5.55. The fraction of sp³-hybridized carbons (Fsp3) is 0.500. The number of nitrogens with zero attached hydrogens (tertiary/aromatic N) is 2.